The number of pyridine rings is 1. The Bertz CT molecular complexity index is 459. The predicted molar refractivity (Wildman–Crippen MR) is 76.6 cm³/mol. The summed E-state index contributed by atoms with van der Waals surface area (Å²) in [5.74, 6) is 0.810. The maximum Gasteiger partial charge on any atom is 0.340 e. The molecule has 1 fully saturated rings. The molecule has 0 saturated carbocycles. The highest BCUT2D eigenvalue weighted by atomic mass is 16.5. The first-order valence-corrected chi connectivity index (χ1v) is 6.95. The largest absolute Gasteiger partial charge is 0.462 e. The summed E-state index contributed by atoms with van der Waals surface area (Å²) in [6, 6.07) is 1.65. The van der Waals surface area contributed by atoms with Gasteiger partial charge in [0.1, 0.15) is 5.82 Å². The zero-order valence-corrected chi connectivity index (χ0v) is 11.7. The highest BCUT2D eigenvalue weighted by Crippen LogP contribution is 2.18. The maximum atomic E-state index is 11.7. The number of nitrogens with zero attached hydrogens (tertiary/aromatic N) is 1. The predicted octanol–water partition coefficient (Wildman–Crippen LogP) is 1.68. The van der Waals surface area contributed by atoms with Gasteiger partial charge in [0.05, 0.1) is 24.1 Å². The number of hydrogen-bond donors (Lipinski definition) is 2. The van der Waals surface area contributed by atoms with Crippen molar-refractivity contribution in [1.82, 2.24) is 4.98 Å². The summed E-state index contributed by atoms with van der Waals surface area (Å²) in [5, 5.41) is 3.25. The van der Waals surface area contributed by atoms with E-state index >= 15 is 0 Å². The molecule has 0 amide bonds. The van der Waals surface area contributed by atoms with E-state index in [1.54, 1.807) is 13.0 Å². The summed E-state index contributed by atoms with van der Waals surface area (Å²) in [6.07, 6.45) is 3.58. The van der Waals surface area contributed by atoms with Crippen LogP contribution in [0.3, 0.4) is 0 Å². The SMILES string of the molecule is CCOC(=O)c1cc(NCC2CCOCC2)ncc1N. The van der Waals surface area contributed by atoms with Gasteiger partial charge in [-0.3, -0.25) is 0 Å². The molecule has 1 aromatic heterocycles. The second-order valence-electron chi connectivity index (χ2n) is 4.81. The zero-order chi connectivity index (χ0) is 14.4. The molecule has 6 heteroatoms. The molecule has 110 valence electrons. The van der Waals surface area contributed by atoms with Gasteiger partial charge in [0.25, 0.3) is 0 Å². The summed E-state index contributed by atoms with van der Waals surface area (Å²) in [7, 11) is 0. The van der Waals surface area contributed by atoms with E-state index in [9.17, 15) is 4.79 Å². The van der Waals surface area contributed by atoms with Crippen molar-refractivity contribution in [3.8, 4) is 0 Å². The van der Waals surface area contributed by atoms with Crippen LogP contribution in [0.2, 0.25) is 0 Å². The molecule has 1 aliphatic rings. The zero-order valence-electron chi connectivity index (χ0n) is 11.7. The molecule has 0 aliphatic carbocycles. The molecular weight excluding hydrogens is 258 g/mol. The van der Waals surface area contributed by atoms with E-state index in [4.69, 9.17) is 15.2 Å². The number of carbonyl (C=O) groups excluding carboxylic acids is 1. The average Bonchev–Trinajstić information content (AvgIpc) is 2.47. The van der Waals surface area contributed by atoms with Crippen LogP contribution in [0.15, 0.2) is 12.3 Å². The minimum Gasteiger partial charge on any atom is -0.462 e. The number of hydrogen-bond acceptors (Lipinski definition) is 6. The highest BCUT2D eigenvalue weighted by molar-refractivity contribution is 5.95. The van der Waals surface area contributed by atoms with Crippen molar-refractivity contribution in [1.29, 1.82) is 0 Å². The third kappa shape index (κ3) is 3.84. The molecule has 3 N–H and O–H groups in total. The third-order valence-corrected chi connectivity index (χ3v) is 3.34. The minimum atomic E-state index is -0.415. The van der Waals surface area contributed by atoms with Crippen LogP contribution >= 0.6 is 0 Å². The number of anilines is 2. The molecule has 0 atom stereocenters. The van der Waals surface area contributed by atoms with Gasteiger partial charge in [-0.05, 0) is 31.7 Å². The van der Waals surface area contributed by atoms with Gasteiger partial charge in [0, 0.05) is 19.8 Å². The van der Waals surface area contributed by atoms with Crippen LogP contribution in [0.25, 0.3) is 0 Å². The lowest BCUT2D eigenvalue weighted by Gasteiger charge is -2.22. The smallest absolute Gasteiger partial charge is 0.340 e. The normalized spacial score (nSPS) is 15.8. The fourth-order valence-corrected chi connectivity index (χ4v) is 2.15. The first kappa shape index (κ1) is 14.6. The molecule has 2 heterocycles. The molecule has 1 aliphatic heterocycles. The van der Waals surface area contributed by atoms with Gasteiger partial charge >= 0.3 is 5.97 Å². The van der Waals surface area contributed by atoms with Crippen LogP contribution in [0, 0.1) is 5.92 Å². The minimum absolute atomic E-state index is 0.325. The van der Waals surface area contributed by atoms with Crippen molar-refractivity contribution in [2.45, 2.75) is 19.8 Å². The molecule has 0 radical (unpaired) electrons. The second kappa shape index (κ2) is 7.09. The van der Waals surface area contributed by atoms with Gasteiger partial charge in [-0.1, -0.05) is 0 Å². The molecule has 2 rings (SSSR count). The van der Waals surface area contributed by atoms with E-state index in [1.807, 2.05) is 0 Å². The Morgan fingerprint density at radius 2 is 2.30 bits per heavy atom. The number of nitrogens with two attached hydrogens (primary N) is 1. The van der Waals surface area contributed by atoms with E-state index < -0.39 is 5.97 Å². The van der Waals surface area contributed by atoms with Crippen molar-refractivity contribution < 1.29 is 14.3 Å². The van der Waals surface area contributed by atoms with Crippen molar-refractivity contribution in [2.75, 3.05) is 37.4 Å². The van der Waals surface area contributed by atoms with Gasteiger partial charge in [0.2, 0.25) is 0 Å². The maximum absolute atomic E-state index is 11.7. The Morgan fingerprint density at radius 3 is 3.00 bits per heavy atom. The summed E-state index contributed by atoms with van der Waals surface area (Å²) in [4.78, 5) is 15.9. The van der Waals surface area contributed by atoms with Gasteiger partial charge in [-0.2, -0.15) is 0 Å². The molecule has 0 aromatic carbocycles. The lowest BCUT2D eigenvalue weighted by molar-refractivity contribution is 0.0527. The van der Waals surface area contributed by atoms with Crippen molar-refractivity contribution >= 4 is 17.5 Å². The van der Waals surface area contributed by atoms with Crippen molar-refractivity contribution in [2.24, 2.45) is 5.92 Å². The number of nitrogen functional groups attached to an aromatic ring is 1. The number of aromatic nitrogens is 1. The average molecular weight is 279 g/mol. The molecule has 0 bridgehead atoms. The number of nitrogens with one attached hydrogen (secondary N) is 1. The highest BCUT2D eigenvalue weighted by Gasteiger charge is 2.15. The van der Waals surface area contributed by atoms with Crippen LogP contribution in [-0.4, -0.2) is 37.3 Å². The molecule has 1 saturated heterocycles. The van der Waals surface area contributed by atoms with Gasteiger partial charge < -0.3 is 20.5 Å². The Morgan fingerprint density at radius 1 is 1.55 bits per heavy atom. The van der Waals surface area contributed by atoms with Crippen LogP contribution in [-0.2, 0) is 9.47 Å². The van der Waals surface area contributed by atoms with Gasteiger partial charge in [-0.25, -0.2) is 9.78 Å². The van der Waals surface area contributed by atoms with E-state index in [-0.39, 0.29) is 0 Å². The van der Waals surface area contributed by atoms with E-state index in [1.165, 1.54) is 6.20 Å². The second-order valence-corrected chi connectivity index (χ2v) is 4.81. The summed E-state index contributed by atoms with van der Waals surface area (Å²) >= 11 is 0. The monoisotopic (exact) mass is 279 g/mol. The quantitative estimate of drug-likeness (QED) is 0.797. The molecular formula is C14H21N3O3. The lowest BCUT2D eigenvalue weighted by atomic mass is 10.0. The Hall–Kier alpha value is -1.82. The van der Waals surface area contributed by atoms with Gasteiger partial charge in [0.15, 0.2) is 0 Å². The van der Waals surface area contributed by atoms with Crippen LogP contribution < -0.4 is 11.1 Å². The van der Waals surface area contributed by atoms with Crippen molar-refractivity contribution in [3.63, 3.8) is 0 Å². The Balaban J connectivity index is 1.97. The molecule has 1 aromatic rings. The fourth-order valence-electron chi connectivity index (χ4n) is 2.15. The third-order valence-electron chi connectivity index (χ3n) is 3.34. The van der Waals surface area contributed by atoms with E-state index in [0.717, 1.165) is 32.6 Å². The standard InChI is InChI=1S/C14H21N3O3/c1-2-20-14(18)11-7-13(17-9-12(11)15)16-8-10-3-5-19-6-4-10/h7,9-10H,2-6,8,15H2,1H3,(H,16,17). The molecule has 0 spiro atoms. The summed E-state index contributed by atoms with van der Waals surface area (Å²) < 4.78 is 10.3. The molecule has 6 nitrogen and oxygen atoms in total. The fraction of sp³-hybridized carbons (Fsp3) is 0.571. The number of esters is 1. The number of ether oxygens (including phenoxy) is 2. The first-order chi connectivity index (χ1) is 9.70. The lowest BCUT2D eigenvalue weighted by Crippen LogP contribution is -2.23. The van der Waals surface area contributed by atoms with Crippen LogP contribution in [0.4, 0.5) is 11.5 Å². The number of carbonyl (C=O) groups is 1. The topological polar surface area (TPSA) is 86.5 Å². The molecule has 20 heavy (non-hydrogen) atoms. The first-order valence-electron chi connectivity index (χ1n) is 6.95. The number of rotatable bonds is 5. The Kier molecular flexibility index (Phi) is 5.17. The van der Waals surface area contributed by atoms with Crippen LogP contribution in [0.5, 0.6) is 0 Å². The Labute approximate surface area is 118 Å². The van der Waals surface area contributed by atoms with Crippen molar-refractivity contribution in [3.05, 3.63) is 17.8 Å². The van der Waals surface area contributed by atoms with Gasteiger partial charge in [-0.15, -0.1) is 0 Å². The van der Waals surface area contributed by atoms with E-state index in [0.29, 0.717) is 29.6 Å². The van der Waals surface area contributed by atoms with Crippen LogP contribution in [0.1, 0.15) is 30.1 Å². The molecule has 0 unspecified atom stereocenters. The van der Waals surface area contributed by atoms with E-state index in [2.05, 4.69) is 10.3 Å². The summed E-state index contributed by atoms with van der Waals surface area (Å²) in [6.45, 7) is 4.54. The summed E-state index contributed by atoms with van der Waals surface area (Å²) in [5.41, 5.74) is 6.44.